The molecule has 0 spiro atoms. The number of hydrogen-bond donors (Lipinski definition) is 5. The van der Waals surface area contributed by atoms with E-state index in [4.69, 9.17) is 16.6 Å². The molecule has 3 aliphatic rings. The number of allylic oxidation sites excluding steroid dienone is 6. The molecule has 1 amide bonds. The van der Waals surface area contributed by atoms with Crippen LogP contribution in [0.25, 0.3) is 11.1 Å². The van der Waals surface area contributed by atoms with Crippen molar-refractivity contribution in [3.63, 3.8) is 0 Å². The lowest BCUT2D eigenvalue weighted by Gasteiger charge is -2.20. The molecule has 0 atom stereocenters. The molecule has 0 saturated heterocycles. The first-order valence-corrected chi connectivity index (χ1v) is 15.6. The maximum absolute atomic E-state index is 12.3. The average molecular weight is 606 g/mol. The summed E-state index contributed by atoms with van der Waals surface area (Å²) in [6.07, 6.45) is 15.0. The Labute approximate surface area is 260 Å². The van der Waals surface area contributed by atoms with E-state index in [2.05, 4.69) is 32.9 Å². The van der Waals surface area contributed by atoms with Gasteiger partial charge in [0.15, 0.2) is 5.78 Å². The van der Waals surface area contributed by atoms with Gasteiger partial charge in [0.1, 0.15) is 5.71 Å². The number of carbonyl (C=O) groups excluding carboxylic acids is 2. The first-order chi connectivity index (χ1) is 21.3. The van der Waals surface area contributed by atoms with Crippen LogP contribution >= 0.6 is 11.3 Å². The number of nitrogens with two attached hydrogens (primary N) is 2. The Morgan fingerprint density at radius 3 is 2.73 bits per heavy atom. The number of pyridine rings is 1. The summed E-state index contributed by atoms with van der Waals surface area (Å²) in [6.45, 7) is 4.05. The number of fused-ring (bicyclic) bond motifs is 1. The highest BCUT2D eigenvalue weighted by Crippen LogP contribution is 2.40. The summed E-state index contributed by atoms with van der Waals surface area (Å²) in [5.74, 6) is 0.0192. The monoisotopic (exact) mass is 605 g/mol. The van der Waals surface area contributed by atoms with Gasteiger partial charge in [-0.25, -0.2) is 0 Å². The minimum absolute atomic E-state index is 0.0259. The number of carbonyl (C=O) groups is 2. The van der Waals surface area contributed by atoms with Crippen LogP contribution in [0.4, 0.5) is 5.69 Å². The summed E-state index contributed by atoms with van der Waals surface area (Å²) < 4.78 is 0. The lowest BCUT2D eigenvalue weighted by molar-refractivity contribution is -0.116. The van der Waals surface area contributed by atoms with Gasteiger partial charge in [-0.05, 0) is 79.9 Å². The molecule has 10 heteroatoms. The number of aromatic nitrogens is 2. The predicted molar refractivity (Wildman–Crippen MR) is 177 cm³/mol. The van der Waals surface area contributed by atoms with Crippen LogP contribution in [0.2, 0.25) is 0 Å². The maximum atomic E-state index is 12.3. The van der Waals surface area contributed by atoms with Gasteiger partial charge < -0.3 is 27.2 Å². The van der Waals surface area contributed by atoms with E-state index >= 15 is 0 Å². The highest BCUT2D eigenvalue weighted by atomic mass is 32.1. The highest BCUT2D eigenvalue weighted by Gasteiger charge is 2.27. The van der Waals surface area contributed by atoms with E-state index in [1.807, 2.05) is 43.5 Å². The van der Waals surface area contributed by atoms with E-state index in [1.54, 1.807) is 19.3 Å². The quantitative estimate of drug-likeness (QED) is 0.212. The van der Waals surface area contributed by atoms with E-state index < -0.39 is 0 Å². The van der Waals surface area contributed by atoms with Crippen LogP contribution in [-0.4, -0.2) is 33.9 Å². The Morgan fingerprint density at radius 2 is 2.00 bits per heavy atom. The number of amides is 1. The molecule has 6 rings (SSSR count). The number of rotatable bonds is 8. The molecule has 0 bridgehead atoms. The second kappa shape index (κ2) is 12.3. The summed E-state index contributed by atoms with van der Waals surface area (Å²) in [5.41, 5.74) is 26.7. The Balaban J connectivity index is 1.40. The lowest BCUT2D eigenvalue weighted by Crippen LogP contribution is -2.26. The van der Waals surface area contributed by atoms with Gasteiger partial charge in [0.25, 0.3) is 0 Å². The number of nitrogens with zero attached hydrogens (tertiary/aromatic N) is 2. The molecule has 1 aliphatic heterocycles. The van der Waals surface area contributed by atoms with E-state index in [9.17, 15) is 9.59 Å². The fraction of sp³-hybridized carbons (Fsp3) is 0.235. The topological polar surface area (TPSA) is 151 Å². The second-order valence-electron chi connectivity index (χ2n) is 11.1. The van der Waals surface area contributed by atoms with Crippen LogP contribution in [0.15, 0.2) is 88.6 Å². The Kier molecular flexibility index (Phi) is 8.17. The second-order valence-corrected chi connectivity index (χ2v) is 12.2. The highest BCUT2D eigenvalue weighted by molar-refractivity contribution is 7.15. The van der Waals surface area contributed by atoms with Crippen molar-refractivity contribution in [3.05, 3.63) is 116 Å². The number of H-pyrrole nitrogens is 1. The van der Waals surface area contributed by atoms with Crippen molar-refractivity contribution in [2.24, 2.45) is 16.6 Å². The van der Waals surface area contributed by atoms with Crippen molar-refractivity contribution in [3.8, 4) is 0 Å². The maximum Gasteiger partial charge on any atom is 0.224 e. The molecule has 2 aliphatic carbocycles. The lowest BCUT2D eigenvalue weighted by atomic mass is 9.93. The summed E-state index contributed by atoms with van der Waals surface area (Å²) in [6, 6.07) is 7.93. The van der Waals surface area contributed by atoms with Crippen molar-refractivity contribution in [2.45, 2.75) is 46.0 Å². The fourth-order valence-electron chi connectivity index (χ4n) is 5.43. The third-order valence-corrected chi connectivity index (χ3v) is 8.97. The summed E-state index contributed by atoms with van der Waals surface area (Å²) in [5, 5.41) is 7.73. The number of aromatic amines is 1. The molecule has 224 valence electrons. The van der Waals surface area contributed by atoms with Crippen molar-refractivity contribution >= 4 is 45.6 Å². The van der Waals surface area contributed by atoms with Gasteiger partial charge in [-0.2, -0.15) is 5.10 Å². The normalized spacial score (nSPS) is 17.7. The zero-order valence-electron chi connectivity index (χ0n) is 24.8. The van der Waals surface area contributed by atoms with Crippen molar-refractivity contribution in [1.29, 1.82) is 0 Å². The average Bonchev–Trinajstić information content (AvgIpc) is 3.62. The van der Waals surface area contributed by atoms with Crippen molar-refractivity contribution < 1.29 is 9.59 Å². The van der Waals surface area contributed by atoms with Crippen LogP contribution in [0, 0.1) is 0 Å². The molecular weight excluding hydrogens is 570 g/mol. The van der Waals surface area contributed by atoms with Crippen molar-refractivity contribution in [1.82, 2.24) is 15.4 Å². The third kappa shape index (κ3) is 6.07. The summed E-state index contributed by atoms with van der Waals surface area (Å²) >= 11 is 1.47. The molecule has 0 unspecified atom stereocenters. The first-order valence-electron chi connectivity index (χ1n) is 14.8. The molecule has 9 nitrogen and oxygen atoms in total. The summed E-state index contributed by atoms with van der Waals surface area (Å²) in [4.78, 5) is 34.0. The SMILES string of the molecule is CCCC(=O)Nc1cncc(C(/C=C2/C(c3cc4c([nH]3)CC(N)=CC=C4c3ccc(C(C)=O)s3)=NNC/C2=C/N)=C2CC2)c1. The van der Waals surface area contributed by atoms with E-state index in [1.165, 1.54) is 16.9 Å². The van der Waals surface area contributed by atoms with Gasteiger partial charge in [0.2, 0.25) is 5.91 Å². The molecule has 1 saturated carbocycles. The first kappa shape index (κ1) is 29.1. The van der Waals surface area contributed by atoms with Crippen molar-refractivity contribution in [2.75, 3.05) is 11.9 Å². The Morgan fingerprint density at radius 1 is 1.16 bits per heavy atom. The molecule has 0 aromatic carbocycles. The van der Waals surface area contributed by atoms with E-state index in [0.29, 0.717) is 30.0 Å². The molecule has 3 aromatic heterocycles. The van der Waals surface area contributed by atoms with Crippen LogP contribution in [-0.2, 0) is 11.2 Å². The van der Waals surface area contributed by atoms with Gasteiger partial charge in [-0.1, -0.05) is 18.6 Å². The van der Waals surface area contributed by atoms with Crippen LogP contribution < -0.4 is 22.2 Å². The molecule has 3 aromatic rings. The fourth-order valence-corrected chi connectivity index (χ4v) is 6.37. The molecule has 4 heterocycles. The molecule has 44 heavy (non-hydrogen) atoms. The molecular formula is C34H35N7O2S. The summed E-state index contributed by atoms with van der Waals surface area (Å²) in [7, 11) is 0. The number of anilines is 1. The predicted octanol–water partition coefficient (Wildman–Crippen LogP) is 5.57. The standard InChI is InChI=1S/C34H35N7O2S/c1-3-4-33(43)39-24-11-21(16-37-18-24)26(20-5-6-20)13-27-22(15-35)17-38-41-34(27)30-14-28-25(8-7-23(36)12-29(28)40-30)32-10-9-31(44-32)19(2)42/h7-11,13-16,18,38,40H,3-6,12,17,35-36H2,1-2H3,(H,39,43)/b22-15-,27-13+. The Bertz CT molecular complexity index is 1840. The molecule has 7 N–H and O–H groups in total. The number of Topliss-reactive ketones (excluding diaryl/α,β-unsaturated/α-hetero) is 1. The zero-order chi connectivity index (χ0) is 30.8. The van der Waals surface area contributed by atoms with Crippen LogP contribution in [0.5, 0.6) is 0 Å². The van der Waals surface area contributed by atoms with Gasteiger partial charge in [-0.15, -0.1) is 11.3 Å². The number of nitrogens with one attached hydrogen (secondary N) is 3. The number of hydrogen-bond acceptors (Lipinski definition) is 8. The minimum Gasteiger partial charge on any atom is -0.404 e. The number of hydrazone groups is 1. The van der Waals surface area contributed by atoms with Gasteiger partial charge >= 0.3 is 0 Å². The number of ketones is 1. The zero-order valence-corrected chi connectivity index (χ0v) is 25.6. The third-order valence-electron chi connectivity index (χ3n) is 7.75. The largest absolute Gasteiger partial charge is 0.404 e. The Hall–Kier alpha value is -4.96. The smallest absolute Gasteiger partial charge is 0.224 e. The van der Waals surface area contributed by atoms with Gasteiger partial charge in [0, 0.05) is 57.6 Å². The van der Waals surface area contributed by atoms with E-state index in [0.717, 1.165) is 80.4 Å². The van der Waals surface area contributed by atoms with Crippen LogP contribution in [0.1, 0.15) is 76.6 Å². The van der Waals surface area contributed by atoms with Gasteiger partial charge in [-0.3, -0.25) is 14.6 Å². The minimum atomic E-state index is -0.0259. The number of thiophene rings is 1. The van der Waals surface area contributed by atoms with Gasteiger partial charge in [0.05, 0.1) is 29.0 Å². The van der Waals surface area contributed by atoms with E-state index in [-0.39, 0.29) is 11.7 Å². The van der Waals surface area contributed by atoms with Crippen LogP contribution in [0.3, 0.4) is 0 Å². The molecule has 1 fully saturated rings. The molecule has 0 radical (unpaired) electrons.